The van der Waals surface area contributed by atoms with E-state index in [1.54, 1.807) is 18.3 Å². The lowest BCUT2D eigenvalue weighted by Gasteiger charge is -2.29. The number of esters is 1. The van der Waals surface area contributed by atoms with E-state index < -0.39 is 249 Å². The molecule has 1 saturated carbocycles. The van der Waals surface area contributed by atoms with Gasteiger partial charge in [0, 0.05) is 90.5 Å². The first kappa shape index (κ1) is 99.9. The van der Waals surface area contributed by atoms with Crippen LogP contribution in [-0.2, 0) is 112 Å². The molecule has 118 heavy (non-hydrogen) atoms. The zero-order valence-corrected chi connectivity index (χ0v) is 66.4. The summed E-state index contributed by atoms with van der Waals surface area (Å²) in [6.07, 6.45) is 3.56. The van der Waals surface area contributed by atoms with E-state index in [4.69, 9.17) is 41.1 Å². The van der Waals surface area contributed by atoms with Crippen LogP contribution < -0.4 is 70.4 Å². The average Bonchev–Trinajstić information content (AvgIpc) is 1.63. The molecular formula is C78H108N14O26. The number of nitrogens with two attached hydrogens (primary N) is 3. The van der Waals surface area contributed by atoms with E-state index in [1.807, 2.05) is 12.1 Å². The van der Waals surface area contributed by atoms with Gasteiger partial charge in [-0.1, -0.05) is 109 Å². The molecule has 11 amide bonds. The number of carboxylic acids is 2. The Kier molecular flexibility index (Phi) is 44.3. The predicted molar refractivity (Wildman–Crippen MR) is 412 cm³/mol. The molecule has 2 aliphatic rings. The third-order valence-electron chi connectivity index (χ3n) is 19.7. The number of aliphatic hydroxyl groups is 1. The smallest absolute Gasteiger partial charge is 0.373 e. The van der Waals surface area contributed by atoms with Gasteiger partial charge >= 0.3 is 30.2 Å². The van der Waals surface area contributed by atoms with Crippen molar-refractivity contribution in [1.29, 1.82) is 0 Å². The van der Waals surface area contributed by atoms with E-state index in [1.165, 1.54) is 52.0 Å². The van der Waals surface area contributed by atoms with E-state index in [9.17, 15) is 102 Å². The molecule has 2 heterocycles. The van der Waals surface area contributed by atoms with Gasteiger partial charge in [-0.2, -0.15) is 19.2 Å². The monoisotopic (exact) mass is 1660 g/mol. The van der Waals surface area contributed by atoms with Crippen molar-refractivity contribution in [3.05, 3.63) is 65.9 Å². The van der Waals surface area contributed by atoms with Crippen molar-refractivity contribution < 1.29 is 126 Å². The van der Waals surface area contributed by atoms with Crippen LogP contribution in [0.4, 0.5) is 5.69 Å². The van der Waals surface area contributed by atoms with Crippen LogP contribution in [0.1, 0.15) is 179 Å². The second-order valence-corrected chi connectivity index (χ2v) is 29.1. The molecule has 2 fully saturated rings. The number of aromatic nitrogens is 1. The number of carbonyl (C=O) groups excluding carboxylic acids is 20. The number of carbonyl (C=O) groups is 18. The number of ether oxygens (including phenoxy) is 1. The number of benzene rings is 2. The maximum absolute atomic E-state index is 14.8. The molecular weight excluding hydrogens is 1550 g/mol. The van der Waals surface area contributed by atoms with Crippen LogP contribution in [0, 0.1) is 29.6 Å². The number of aromatic amines is 1. The molecule has 40 heteroatoms. The maximum Gasteiger partial charge on any atom is 0.373 e. The molecule has 0 spiro atoms. The summed E-state index contributed by atoms with van der Waals surface area (Å²) in [5.41, 5.74) is 18.6. The highest BCUT2D eigenvalue weighted by Gasteiger charge is 2.41. The van der Waals surface area contributed by atoms with Gasteiger partial charge in [0.2, 0.25) is 65.0 Å². The summed E-state index contributed by atoms with van der Waals surface area (Å²) in [6.45, 7) is 2.71. The van der Waals surface area contributed by atoms with Crippen molar-refractivity contribution in [2.75, 3.05) is 32.0 Å². The lowest BCUT2D eigenvalue weighted by Crippen LogP contribution is -2.58. The number of fused-ring (bicyclic) bond motifs is 1. The number of hydrogen-bond donors (Lipinski definition) is 17. The van der Waals surface area contributed by atoms with Crippen molar-refractivity contribution in [3.8, 4) is 0 Å². The van der Waals surface area contributed by atoms with Gasteiger partial charge in [0.05, 0.1) is 44.6 Å². The van der Waals surface area contributed by atoms with Crippen LogP contribution >= 0.6 is 0 Å². The minimum absolute atomic E-state index is 0.0171. The molecule has 0 bridgehead atoms. The highest BCUT2D eigenvalue weighted by molar-refractivity contribution is 6.05. The molecule has 40 nitrogen and oxygen atoms in total. The fraction of sp³-hybridized carbons (Fsp3) is 0.564. The molecule has 20 N–H and O–H groups in total. The van der Waals surface area contributed by atoms with Gasteiger partial charge in [0.15, 0.2) is 23.1 Å². The molecule has 1 aliphatic heterocycles. The number of amides is 11. The quantitative estimate of drug-likeness (QED) is 0.0257. The van der Waals surface area contributed by atoms with Gasteiger partial charge in [0.25, 0.3) is 0 Å². The Morgan fingerprint density at radius 3 is 1.74 bits per heavy atom. The van der Waals surface area contributed by atoms with E-state index in [2.05, 4.69) is 58.2 Å². The number of nitrogens with one attached hydrogen (secondary N) is 11. The van der Waals surface area contributed by atoms with Crippen LogP contribution in [0.5, 0.6) is 0 Å². The summed E-state index contributed by atoms with van der Waals surface area (Å²) in [4.78, 5) is 285. The Morgan fingerprint density at radius 2 is 1.16 bits per heavy atom. The van der Waals surface area contributed by atoms with E-state index in [0.717, 1.165) is 75.6 Å². The second kappa shape index (κ2) is 52.3. The average molecular weight is 1660 g/mol. The third-order valence-corrected chi connectivity index (χ3v) is 19.7. The number of cyclic esters (lactones) is 1. The van der Waals surface area contributed by atoms with Crippen molar-refractivity contribution in [3.63, 3.8) is 0 Å². The topological polar surface area (TPSA) is 660 Å². The first-order chi connectivity index (χ1) is 55.9. The Morgan fingerprint density at radius 1 is 0.602 bits per heavy atom. The Balaban J connectivity index is 0.00000581. The molecule has 2 aromatic carbocycles. The number of aliphatic hydroxyl groups excluding tert-OH is 1. The summed E-state index contributed by atoms with van der Waals surface area (Å²) in [7, 11) is 0. The van der Waals surface area contributed by atoms with Crippen molar-refractivity contribution in [2.24, 2.45) is 41.1 Å². The molecule has 3 aromatic rings. The van der Waals surface area contributed by atoms with E-state index in [-0.39, 0.29) is 55.3 Å². The fourth-order valence-corrected chi connectivity index (χ4v) is 13.1. The molecule has 13 atom stereocenters. The lowest BCUT2D eigenvalue weighted by atomic mass is 9.84. The Labute approximate surface area is 678 Å². The zero-order valence-electron chi connectivity index (χ0n) is 66.4. The largest absolute Gasteiger partial charge is 0.481 e. The predicted octanol–water partition coefficient (Wildman–Crippen LogP) is -1.65. The molecule has 1 aliphatic carbocycles. The van der Waals surface area contributed by atoms with Crippen molar-refractivity contribution in [2.45, 2.75) is 224 Å². The number of aliphatic carboxylic acids is 2. The minimum Gasteiger partial charge on any atom is -0.481 e. The normalized spacial score (nSPS) is 22.3. The van der Waals surface area contributed by atoms with Crippen LogP contribution in [0.3, 0.4) is 0 Å². The second-order valence-electron chi connectivity index (χ2n) is 29.1. The number of rotatable bonds is 25. The highest BCUT2D eigenvalue weighted by atomic mass is 16.5. The van der Waals surface area contributed by atoms with E-state index >= 15 is 0 Å². The van der Waals surface area contributed by atoms with Crippen molar-refractivity contribution >= 4 is 135 Å². The molecule has 0 radical (unpaired) electrons. The number of carboxylic acid groups (broad SMARTS) is 2. The van der Waals surface area contributed by atoms with E-state index in [0.29, 0.717) is 18.4 Å². The van der Waals surface area contributed by atoms with Crippen LogP contribution in [-0.4, -0.2) is 219 Å². The van der Waals surface area contributed by atoms with Gasteiger partial charge < -0.3 is 95.4 Å². The summed E-state index contributed by atoms with van der Waals surface area (Å²) >= 11 is 0. The number of primary amides is 1. The SMILES string of the molecule is C[C@H](CC(=O)[C@@H](CC(N)=O)NC(=O)[C@H](Cc1c[nH]c2ccccc12)NC(=O)C1CCCCCCCCCCC1)C(=O)N[C@@H]1C(=O)NCC(=O)N[C@@H](CCCN)C(=O)N[C@@H](CC(=O)O)C(=O)C[C@H](C)C(=O)N[C@@H](C)C(=O)NCC(=O)N[C@H](CO)C(=O)C[C@@H]([C@H](C)CC(=O)O)C(=O)N[C@@H](CC(=O)c2ccccc2N)C(=O)O[C@@H]1C.O=C=O.O=C=O. The number of nitrogen functional groups attached to an aromatic ring is 1. The lowest BCUT2D eigenvalue weighted by molar-refractivity contribution is -0.193. The molecule has 1 aromatic heterocycles. The number of H-pyrrole nitrogens is 1. The number of anilines is 1. The molecule has 1 saturated heterocycles. The first-order valence-electron chi connectivity index (χ1n) is 38.6. The maximum atomic E-state index is 14.8. The van der Waals surface area contributed by atoms with Crippen LogP contribution in [0.15, 0.2) is 54.7 Å². The van der Waals surface area contributed by atoms with Crippen molar-refractivity contribution in [1.82, 2.24) is 58.2 Å². The number of ketones is 4. The van der Waals surface area contributed by atoms with Gasteiger partial charge in [0.1, 0.15) is 42.4 Å². The van der Waals surface area contributed by atoms with Gasteiger partial charge in [-0.15, -0.1) is 0 Å². The zero-order chi connectivity index (χ0) is 88.3. The molecule has 5 rings (SSSR count). The number of Topliss-reactive ketones (excluding diaryl/α,β-unsaturated/α-hetero) is 4. The first-order valence-corrected chi connectivity index (χ1v) is 38.6. The fourth-order valence-electron chi connectivity index (χ4n) is 13.1. The highest BCUT2D eigenvalue weighted by Crippen LogP contribution is 2.26. The summed E-state index contributed by atoms with van der Waals surface area (Å²) in [5, 5.41) is 54.7. The summed E-state index contributed by atoms with van der Waals surface area (Å²) in [5.74, 6) is -26.4. The minimum atomic E-state index is -2.16. The molecule has 646 valence electrons. The van der Waals surface area contributed by atoms with Crippen LogP contribution in [0.2, 0.25) is 0 Å². The van der Waals surface area contributed by atoms with Gasteiger partial charge in [-0.3, -0.25) is 81.5 Å². The van der Waals surface area contributed by atoms with Gasteiger partial charge in [-0.05, 0) is 75.8 Å². The summed E-state index contributed by atoms with van der Waals surface area (Å²) < 4.78 is 5.80. The third kappa shape index (κ3) is 35.0. The standard InChI is InChI=1S/C76H108N14O22.2CO2/c1-40(30-65(99)100)49-32-61(95)57(39-91)85-64(98)37-81-70(105)43(4)83-68(103)41(2)28-60(94)54(35-66(101)102)87-73(108)52(26-19-27-77)84-63(97)38-82-75(110)67(44(5)112-76(111)56(89-72(49)107)33-58(92)48-23-15-17-24-50(48)78)90-69(104)42(3)29-59(93)53(34-62(79)96)86-74(109)55(31-46-36-80-51-25-18-16-22-47(46)51)88-71(106)45-20-13-11-9-7-6-8-10-12-14-21-45;2*2-1-3/h15-18,22-25,36,40-45,49,52-57,67,80,91H,6-14,19-21,26-35,37-39,77-78H2,1-5H3,(H2,79,96)(H,81,105)(H,82,110)(H,83,103)(H,84,97)(H,85,98)(H,86,109)(H,87,108)(H,88,106)(H,89,107)(H,90,104)(H,99,100)(H,101,102);;/t40-,41+,42-,43+,44-,49+,52+,53-,54+,55+,56+,57-,67+;;/m1../s1. The Hall–Kier alpha value is -12.3. The summed E-state index contributed by atoms with van der Waals surface area (Å²) in [6, 6.07) is -1.40. The van der Waals surface area contributed by atoms with Crippen LogP contribution in [0.25, 0.3) is 10.9 Å². The van der Waals surface area contributed by atoms with Gasteiger partial charge in [-0.25, -0.2) is 4.79 Å². The number of para-hydroxylation sites is 2. The number of hydrogen-bond acceptors (Lipinski definition) is 26. The molecule has 0 unspecified atom stereocenters. The Bertz CT molecular complexity index is 4070.